The molecule has 1 heterocycles. The number of aliphatic hydroxyl groups is 1. The third-order valence-electron chi connectivity index (χ3n) is 3.17. The van der Waals surface area contributed by atoms with Crippen LogP contribution in [-0.2, 0) is 13.2 Å². The highest BCUT2D eigenvalue weighted by atomic mass is 16.5. The lowest BCUT2D eigenvalue weighted by atomic mass is 10.2. The van der Waals surface area contributed by atoms with Crippen LogP contribution in [0.1, 0.15) is 11.3 Å². The van der Waals surface area contributed by atoms with E-state index in [1.165, 1.54) is 0 Å². The smallest absolute Gasteiger partial charge is 0.137 e. The Bertz CT molecular complexity index is 690. The molecule has 1 aromatic heterocycles. The van der Waals surface area contributed by atoms with Crippen LogP contribution in [0.5, 0.6) is 5.75 Å². The van der Waals surface area contributed by atoms with Gasteiger partial charge in [-0.3, -0.25) is 0 Å². The molecule has 2 N–H and O–H groups in total. The maximum atomic E-state index is 9.02. The van der Waals surface area contributed by atoms with Crippen LogP contribution in [0.25, 0.3) is 11.4 Å². The van der Waals surface area contributed by atoms with Gasteiger partial charge >= 0.3 is 0 Å². The summed E-state index contributed by atoms with van der Waals surface area (Å²) in [7, 11) is 0. The van der Waals surface area contributed by atoms with Gasteiger partial charge in [0.05, 0.1) is 12.3 Å². The lowest BCUT2D eigenvalue weighted by Gasteiger charge is -2.06. The molecule has 0 spiro atoms. The zero-order valence-electron chi connectivity index (χ0n) is 11.5. The lowest BCUT2D eigenvalue weighted by molar-refractivity contribution is 0.277. The van der Waals surface area contributed by atoms with Crippen molar-refractivity contribution in [1.82, 2.24) is 9.97 Å². The number of H-pyrrole nitrogens is 1. The van der Waals surface area contributed by atoms with E-state index < -0.39 is 0 Å². The fraction of sp³-hybridized carbons (Fsp3) is 0.118. The average Bonchev–Trinajstić information content (AvgIpc) is 3.03. The van der Waals surface area contributed by atoms with E-state index in [1.807, 2.05) is 54.6 Å². The van der Waals surface area contributed by atoms with Crippen molar-refractivity contribution in [1.29, 1.82) is 0 Å². The fourth-order valence-electron chi connectivity index (χ4n) is 2.04. The summed E-state index contributed by atoms with van der Waals surface area (Å²) in [6.07, 6.45) is 1.70. The summed E-state index contributed by atoms with van der Waals surface area (Å²) in [5, 5.41) is 9.02. The molecule has 0 fully saturated rings. The molecule has 0 amide bonds. The first-order valence-electron chi connectivity index (χ1n) is 6.77. The molecule has 0 atom stereocenters. The standard InChI is InChI=1S/C17H16N2O2/c20-11-15-10-18-17(19-15)14-6-8-16(9-7-14)21-12-13-4-2-1-3-5-13/h1-10,20H,11-12H2,(H,18,19). The van der Waals surface area contributed by atoms with Crippen LogP contribution >= 0.6 is 0 Å². The van der Waals surface area contributed by atoms with Crippen molar-refractivity contribution in [3.8, 4) is 17.1 Å². The number of aromatic nitrogens is 2. The minimum atomic E-state index is -0.0607. The molecular formula is C17H16N2O2. The topological polar surface area (TPSA) is 58.1 Å². The monoisotopic (exact) mass is 280 g/mol. The molecule has 0 saturated carbocycles. The average molecular weight is 280 g/mol. The number of nitrogens with one attached hydrogen (secondary N) is 1. The number of aliphatic hydroxyl groups excluding tert-OH is 1. The molecule has 0 aliphatic rings. The summed E-state index contributed by atoms with van der Waals surface area (Å²) in [5.41, 5.74) is 2.73. The van der Waals surface area contributed by atoms with Gasteiger partial charge in [0.15, 0.2) is 0 Å². The van der Waals surface area contributed by atoms with Crippen LogP contribution in [0, 0.1) is 0 Å². The summed E-state index contributed by atoms with van der Waals surface area (Å²) in [4.78, 5) is 7.31. The molecule has 21 heavy (non-hydrogen) atoms. The molecule has 0 aliphatic heterocycles. The summed E-state index contributed by atoms with van der Waals surface area (Å²) >= 11 is 0. The van der Waals surface area contributed by atoms with Gasteiger partial charge in [-0.2, -0.15) is 0 Å². The molecule has 2 aromatic carbocycles. The van der Waals surface area contributed by atoms with Crippen LogP contribution in [0.2, 0.25) is 0 Å². The predicted molar refractivity (Wildman–Crippen MR) is 80.7 cm³/mol. The summed E-state index contributed by atoms with van der Waals surface area (Å²) in [5.74, 6) is 1.56. The summed E-state index contributed by atoms with van der Waals surface area (Å²) < 4.78 is 5.74. The zero-order valence-corrected chi connectivity index (χ0v) is 11.5. The number of ether oxygens (including phenoxy) is 1. The number of rotatable bonds is 5. The molecule has 0 radical (unpaired) electrons. The second kappa shape index (κ2) is 6.24. The van der Waals surface area contributed by atoms with Crippen LogP contribution < -0.4 is 4.74 Å². The Kier molecular flexibility index (Phi) is 3.98. The molecule has 0 saturated heterocycles. The number of hydrogen-bond donors (Lipinski definition) is 2. The molecule has 0 bridgehead atoms. The van der Waals surface area contributed by atoms with Crippen LogP contribution in [-0.4, -0.2) is 15.1 Å². The minimum Gasteiger partial charge on any atom is -0.489 e. The van der Waals surface area contributed by atoms with Crippen molar-refractivity contribution in [3.63, 3.8) is 0 Å². The highest BCUT2D eigenvalue weighted by molar-refractivity contribution is 5.56. The van der Waals surface area contributed by atoms with E-state index >= 15 is 0 Å². The van der Waals surface area contributed by atoms with Crippen molar-refractivity contribution >= 4 is 0 Å². The first-order valence-corrected chi connectivity index (χ1v) is 6.77. The van der Waals surface area contributed by atoms with Gasteiger partial charge in [-0.1, -0.05) is 30.3 Å². The van der Waals surface area contributed by atoms with Crippen LogP contribution in [0.15, 0.2) is 60.8 Å². The third-order valence-corrected chi connectivity index (χ3v) is 3.17. The molecule has 0 aliphatic carbocycles. The van der Waals surface area contributed by atoms with Crippen molar-refractivity contribution in [2.24, 2.45) is 0 Å². The van der Waals surface area contributed by atoms with Crippen molar-refractivity contribution in [2.45, 2.75) is 13.2 Å². The van der Waals surface area contributed by atoms with E-state index in [0.717, 1.165) is 22.7 Å². The first kappa shape index (κ1) is 13.4. The third kappa shape index (κ3) is 3.30. The second-order valence-corrected chi connectivity index (χ2v) is 4.70. The Labute approximate surface area is 123 Å². The Hall–Kier alpha value is -2.59. The van der Waals surface area contributed by atoms with Crippen molar-refractivity contribution in [3.05, 3.63) is 72.1 Å². The number of nitrogens with zero attached hydrogens (tertiary/aromatic N) is 1. The van der Waals surface area contributed by atoms with E-state index in [1.54, 1.807) is 6.20 Å². The van der Waals surface area contributed by atoms with E-state index in [2.05, 4.69) is 9.97 Å². The van der Waals surface area contributed by atoms with Gasteiger partial charge in [-0.05, 0) is 29.8 Å². The van der Waals surface area contributed by atoms with E-state index in [4.69, 9.17) is 9.84 Å². The van der Waals surface area contributed by atoms with Crippen molar-refractivity contribution in [2.75, 3.05) is 0 Å². The zero-order chi connectivity index (χ0) is 14.5. The molecule has 106 valence electrons. The molecule has 3 rings (SSSR count). The first-order chi connectivity index (χ1) is 10.3. The van der Waals surface area contributed by atoms with Gasteiger partial charge < -0.3 is 14.8 Å². The van der Waals surface area contributed by atoms with Crippen LogP contribution in [0.4, 0.5) is 0 Å². The number of benzene rings is 2. The normalized spacial score (nSPS) is 10.5. The molecular weight excluding hydrogens is 264 g/mol. The number of aromatic amines is 1. The van der Waals surface area contributed by atoms with Gasteiger partial charge in [0.1, 0.15) is 18.2 Å². The molecule has 0 unspecified atom stereocenters. The largest absolute Gasteiger partial charge is 0.489 e. The van der Waals surface area contributed by atoms with E-state index in [-0.39, 0.29) is 6.61 Å². The quantitative estimate of drug-likeness (QED) is 0.755. The van der Waals surface area contributed by atoms with Gasteiger partial charge in [0.25, 0.3) is 0 Å². The Morgan fingerprint density at radius 3 is 2.43 bits per heavy atom. The maximum absolute atomic E-state index is 9.02. The van der Waals surface area contributed by atoms with Crippen molar-refractivity contribution < 1.29 is 9.84 Å². The van der Waals surface area contributed by atoms with Gasteiger partial charge in [-0.15, -0.1) is 0 Å². The Morgan fingerprint density at radius 1 is 1.00 bits per heavy atom. The minimum absolute atomic E-state index is 0.0607. The second-order valence-electron chi connectivity index (χ2n) is 4.70. The summed E-state index contributed by atoms with van der Waals surface area (Å²) in [6, 6.07) is 17.8. The highest BCUT2D eigenvalue weighted by Crippen LogP contribution is 2.20. The fourth-order valence-corrected chi connectivity index (χ4v) is 2.04. The van der Waals surface area contributed by atoms with Gasteiger partial charge in [0, 0.05) is 11.8 Å². The van der Waals surface area contributed by atoms with E-state index in [9.17, 15) is 0 Å². The Balaban J connectivity index is 1.66. The SMILES string of the molecule is OCc1c[nH]c(-c2ccc(OCc3ccccc3)cc2)n1. The molecule has 4 heteroatoms. The van der Waals surface area contributed by atoms with Gasteiger partial charge in [-0.25, -0.2) is 4.98 Å². The Morgan fingerprint density at radius 2 is 1.76 bits per heavy atom. The van der Waals surface area contributed by atoms with Crippen LogP contribution in [0.3, 0.4) is 0 Å². The van der Waals surface area contributed by atoms with E-state index in [0.29, 0.717) is 12.3 Å². The number of imidazole rings is 1. The lowest BCUT2D eigenvalue weighted by Crippen LogP contribution is -1.94. The van der Waals surface area contributed by atoms with Gasteiger partial charge in [0.2, 0.25) is 0 Å². The molecule has 4 nitrogen and oxygen atoms in total. The molecule has 3 aromatic rings. The maximum Gasteiger partial charge on any atom is 0.137 e. The predicted octanol–water partition coefficient (Wildman–Crippen LogP) is 3.15. The highest BCUT2D eigenvalue weighted by Gasteiger charge is 2.03. The number of hydrogen-bond acceptors (Lipinski definition) is 3. The summed E-state index contributed by atoms with van der Waals surface area (Å²) in [6.45, 7) is 0.490.